The zero-order valence-corrected chi connectivity index (χ0v) is 11.7. The Kier molecular flexibility index (Phi) is 4.94. The number of rotatable bonds is 6. The highest BCUT2D eigenvalue weighted by Crippen LogP contribution is 2.39. The highest BCUT2D eigenvalue weighted by atomic mass is 16.6. The van der Waals surface area contributed by atoms with Crippen LogP contribution in [0, 0.1) is 10.1 Å². The fourth-order valence-corrected chi connectivity index (χ4v) is 1.90. The molecule has 0 radical (unpaired) electrons. The first-order valence-electron chi connectivity index (χ1n) is 6.70. The average Bonchev–Trinajstić information content (AvgIpc) is 2.46. The molecule has 1 aliphatic heterocycles. The highest BCUT2D eigenvalue weighted by Gasteiger charge is 2.23. The molecule has 0 aromatic heterocycles. The van der Waals surface area contributed by atoms with E-state index < -0.39 is 4.92 Å². The van der Waals surface area contributed by atoms with Crippen LogP contribution in [0.15, 0.2) is 12.1 Å². The number of ether oxygens (including phenoxy) is 2. The van der Waals surface area contributed by atoms with Crippen molar-refractivity contribution in [3.8, 4) is 11.5 Å². The molecule has 1 aliphatic rings. The summed E-state index contributed by atoms with van der Waals surface area (Å²) in [5.74, 6) is 0.363. The number of amides is 1. The van der Waals surface area contributed by atoms with E-state index in [9.17, 15) is 14.9 Å². The molecule has 1 amide bonds. The summed E-state index contributed by atoms with van der Waals surface area (Å²) in [5.41, 5.74) is -0.115. The minimum Gasteiger partial charge on any atom is -0.486 e. The lowest BCUT2D eigenvalue weighted by atomic mass is 10.2. The van der Waals surface area contributed by atoms with Gasteiger partial charge in [-0.3, -0.25) is 14.9 Å². The van der Waals surface area contributed by atoms with Gasteiger partial charge in [0.1, 0.15) is 18.9 Å². The second kappa shape index (κ2) is 6.89. The van der Waals surface area contributed by atoms with Crippen molar-refractivity contribution in [3.63, 3.8) is 0 Å². The molecule has 0 unspecified atom stereocenters. The maximum absolute atomic E-state index is 11.8. The van der Waals surface area contributed by atoms with Crippen molar-refractivity contribution in [1.29, 1.82) is 0 Å². The first kappa shape index (κ1) is 15.0. The van der Waals surface area contributed by atoms with Gasteiger partial charge in [-0.1, -0.05) is 6.92 Å². The molecule has 0 saturated carbocycles. The summed E-state index contributed by atoms with van der Waals surface area (Å²) in [6.07, 6.45) is 0.900. The van der Waals surface area contributed by atoms with E-state index in [0.717, 1.165) is 6.42 Å². The van der Waals surface area contributed by atoms with E-state index >= 15 is 0 Å². The molecule has 0 aliphatic carbocycles. The van der Waals surface area contributed by atoms with Crippen molar-refractivity contribution >= 4 is 17.3 Å². The van der Waals surface area contributed by atoms with E-state index in [2.05, 4.69) is 10.6 Å². The molecule has 0 atom stereocenters. The lowest BCUT2D eigenvalue weighted by Crippen LogP contribution is -2.28. The first-order chi connectivity index (χ1) is 10.1. The van der Waals surface area contributed by atoms with Crippen molar-refractivity contribution in [1.82, 2.24) is 5.32 Å². The summed E-state index contributed by atoms with van der Waals surface area (Å²) in [4.78, 5) is 22.3. The van der Waals surface area contributed by atoms with E-state index in [1.807, 2.05) is 6.92 Å². The smallest absolute Gasteiger partial charge is 0.296 e. The van der Waals surface area contributed by atoms with Crippen LogP contribution in [0.4, 0.5) is 11.4 Å². The standard InChI is InChI=1S/C13H17N3O5/c1-2-3-14-8-13(17)15-9-6-11-12(21-5-4-20-11)7-10(9)16(18)19/h6-7,14H,2-5,8H2,1H3,(H,15,17). The molecular formula is C13H17N3O5. The van der Waals surface area contributed by atoms with Crippen molar-refractivity contribution in [2.45, 2.75) is 13.3 Å². The minimum absolute atomic E-state index is 0.0967. The Morgan fingerprint density at radius 1 is 1.33 bits per heavy atom. The molecular weight excluding hydrogens is 278 g/mol. The molecule has 21 heavy (non-hydrogen) atoms. The number of hydrogen-bond donors (Lipinski definition) is 2. The molecule has 2 rings (SSSR count). The van der Waals surface area contributed by atoms with E-state index in [-0.39, 0.29) is 23.8 Å². The molecule has 2 N–H and O–H groups in total. The number of benzene rings is 1. The Morgan fingerprint density at radius 3 is 2.62 bits per heavy atom. The second-order valence-corrected chi connectivity index (χ2v) is 4.50. The number of nitrogens with zero attached hydrogens (tertiary/aromatic N) is 1. The fraction of sp³-hybridized carbons (Fsp3) is 0.462. The number of carbonyl (C=O) groups is 1. The van der Waals surface area contributed by atoms with Gasteiger partial charge in [-0.15, -0.1) is 0 Å². The molecule has 1 aromatic carbocycles. The summed E-state index contributed by atoms with van der Waals surface area (Å²) in [6.45, 7) is 3.50. The second-order valence-electron chi connectivity index (χ2n) is 4.50. The maximum Gasteiger partial charge on any atom is 0.296 e. The molecule has 0 bridgehead atoms. The summed E-state index contributed by atoms with van der Waals surface area (Å²) in [5, 5.41) is 16.5. The van der Waals surface area contributed by atoms with Gasteiger partial charge in [0.25, 0.3) is 5.69 Å². The van der Waals surface area contributed by atoms with Crippen LogP contribution in [0.25, 0.3) is 0 Å². The molecule has 114 valence electrons. The van der Waals surface area contributed by atoms with Crippen molar-refractivity contribution in [2.75, 3.05) is 31.6 Å². The maximum atomic E-state index is 11.8. The largest absolute Gasteiger partial charge is 0.486 e. The molecule has 8 nitrogen and oxygen atoms in total. The summed E-state index contributed by atoms with van der Waals surface area (Å²) < 4.78 is 10.7. The van der Waals surface area contributed by atoms with Crippen molar-refractivity contribution < 1.29 is 19.2 Å². The van der Waals surface area contributed by atoms with Gasteiger partial charge in [0, 0.05) is 6.07 Å². The van der Waals surface area contributed by atoms with Gasteiger partial charge in [-0.25, -0.2) is 0 Å². The normalized spacial score (nSPS) is 12.8. The lowest BCUT2D eigenvalue weighted by molar-refractivity contribution is -0.384. The van der Waals surface area contributed by atoms with Crippen LogP contribution >= 0.6 is 0 Å². The van der Waals surface area contributed by atoms with Crippen LogP contribution in [-0.4, -0.2) is 37.1 Å². The van der Waals surface area contributed by atoms with E-state index in [1.54, 1.807) is 0 Å². The summed E-state index contributed by atoms with van der Waals surface area (Å²) in [7, 11) is 0. The zero-order valence-electron chi connectivity index (χ0n) is 11.7. The van der Waals surface area contributed by atoms with Crippen LogP contribution in [0.5, 0.6) is 11.5 Å². The quantitative estimate of drug-likeness (QED) is 0.466. The number of hydrogen-bond acceptors (Lipinski definition) is 6. The van der Waals surface area contributed by atoms with E-state index in [4.69, 9.17) is 9.47 Å². The molecule has 0 fully saturated rings. The number of anilines is 1. The van der Waals surface area contributed by atoms with Crippen LogP contribution in [0.3, 0.4) is 0 Å². The van der Waals surface area contributed by atoms with Gasteiger partial charge in [-0.2, -0.15) is 0 Å². The monoisotopic (exact) mass is 295 g/mol. The molecule has 0 saturated heterocycles. The lowest BCUT2D eigenvalue weighted by Gasteiger charge is -2.19. The van der Waals surface area contributed by atoms with Gasteiger partial charge < -0.3 is 20.1 Å². The van der Waals surface area contributed by atoms with Gasteiger partial charge in [0.2, 0.25) is 5.91 Å². The van der Waals surface area contributed by atoms with Crippen LogP contribution in [0.2, 0.25) is 0 Å². The number of fused-ring (bicyclic) bond motifs is 1. The number of carbonyl (C=O) groups excluding carboxylic acids is 1. The Balaban J connectivity index is 2.17. The van der Waals surface area contributed by atoms with Crippen LogP contribution < -0.4 is 20.1 Å². The number of nitro benzene ring substituents is 1. The number of nitrogens with one attached hydrogen (secondary N) is 2. The first-order valence-corrected chi connectivity index (χ1v) is 6.70. The zero-order chi connectivity index (χ0) is 15.2. The third-order valence-electron chi connectivity index (χ3n) is 2.84. The Labute approximate surface area is 121 Å². The highest BCUT2D eigenvalue weighted by molar-refractivity contribution is 5.95. The van der Waals surface area contributed by atoms with Gasteiger partial charge in [0.15, 0.2) is 11.5 Å². The molecule has 1 aromatic rings. The van der Waals surface area contributed by atoms with E-state index in [1.165, 1.54) is 12.1 Å². The third kappa shape index (κ3) is 3.82. The Morgan fingerprint density at radius 2 is 2.00 bits per heavy atom. The van der Waals surface area contributed by atoms with Gasteiger partial charge in [0.05, 0.1) is 17.5 Å². The van der Waals surface area contributed by atoms with E-state index in [0.29, 0.717) is 31.3 Å². The summed E-state index contributed by atoms with van der Waals surface area (Å²) >= 11 is 0. The Hall–Kier alpha value is -2.35. The molecule has 1 heterocycles. The van der Waals surface area contributed by atoms with Crippen LogP contribution in [-0.2, 0) is 4.79 Å². The van der Waals surface area contributed by atoms with Gasteiger partial charge in [-0.05, 0) is 13.0 Å². The van der Waals surface area contributed by atoms with Crippen molar-refractivity contribution in [2.24, 2.45) is 0 Å². The van der Waals surface area contributed by atoms with Crippen molar-refractivity contribution in [3.05, 3.63) is 22.2 Å². The topological polar surface area (TPSA) is 103 Å². The average molecular weight is 295 g/mol. The third-order valence-corrected chi connectivity index (χ3v) is 2.84. The SMILES string of the molecule is CCCNCC(=O)Nc1cc2c(cc1[N+](=O)[O-])OCCO2. The minimum atomic E-state index is -0.562. The fourth-order valence-electron chi connectivity index (χ4n) is 1.90. The predicted octanol–water partition coefficient (Wildman–Crippen LogP) is 1.30. The molecule has 0 spiro atoms. The Bertz CT molecular complexity index is 547. The van der Waals surface area contributed by atoms with Crippen LogP contribution in [0.1, 0.15) is 13.3 Å². The van der Waals surface area contributed by atoms with Gasteiger partial charge >= 0.3 is 0 Å². The summed E-state index contributed by atoms with van der Waals surface area (Å²) in [6, 6.07) is 2.69. The predicted molar refractivity (Wildman–Crippen MR) is 75.9 cm³/mol. The number of nitro groups is 1. The molecule has 8 heteroatoms.